The Morgan fingerprint density at radius 2 is 2.33 bits per heavy atom. The van der Waals surface area contributed by atoms with Gasteiger partial charge in [-0.2, -0.15) is 16.7 Å². The van der Waals surface area contributed by atoms with E-state index in [0.717, 1.165) is 12.2 Å². The first-order valence-electron chi connectivity index (χ1n) is 5.79. The molecule has 1 atom stereocenters. The number of nitrogens with two attached hydrogens (primary N) is 1. The van der Waals surface area contributed by atoms with Crippen LogP contribution in [0, 0.1) is 0 Å². The third-order valence-corrected chi connectivity index (χ3v) is 4.33. The number of phenolic OH excluding ortho intramolecular Hbond substituents is 1. The molecule has 1 aliphatic rings. The van der Waals surface area contributed by atoms with E-state index >= 15 is 0 Å². The van der Waals surface area contributed by atoms with E-state index in [1.165, 1.54) is 6.42 Å². The van der Waals surface area contributed by atoms with E-state index in [1.807, 2.05) is 11.8 Å². The molecule has 1 aromatic carbocycles. The van der Waals surface area contributed by atoms with Crippen molar-refractivity contribution in [2.75, 3.05) is 11.5 Å². The first-order chi connectivity index (χ1) is 8.75. The van der Waals surface area contributed by atoms with Gasteiger partial charge in [-0.25, -0.2) is 0 Å². The van der Waals surface area contributed by atoms with E-state index in [0.29, 0.717) is 28.2 Å². The molecular formula is C12H13N3O2S. The van der Waals surface area contributed by atoms with E-state index in [4.69, 9.17) is 10.3 Å². The van der Waals surface area contributed by atoms with Gasteiger partial charge in [0, 0.05) is 0 Å². The summed E-state index contributed by atoms with van der Waals surface area (Å²) in [6, 6.07) is 5.09. The molecule has 0 amide bonds. The van der Waals surface area contributed by atoms with Crippen LogP contribution in [0.4, 0.5) is 5.69 Å². The minimum absolute atomic E-state index is 0.00762. The number of hydrogen-bond donors (Lipinski definition) is 2. The van der Waals surface area contributed by atoms with E-state index in [9.17, 15) is 5.11 Å². The third-order valence-electron chi connectivity index (χ3n) is 2.96. The maximum atomic E-state index is 9.87. The zero-order chi connectivity index (χ0) is 12.5. The van der Waals surface area contributed by atoms with E-state index < -0.39 is 0 Å². The number of nitrogens with zero attached hydrogens (tertiary/aromatic N) is 2. The highest BCUT2D eigenvalue weighted by Crippen LogP contribution is 2.40. The number of nitrogen functional groups attached to an aromatic ring is 1. The predicted molar refractivity (Wildman–Crippen MR) is 70.2 cm³/mol. The SMILES string of the molecule is Nc1cccc(-c2nc(C3CCCS3)no2)c1O. The zero-order valence-electron chi connectivity index (χ0n) is 9.67. The minimum Gasteiger partial charge on any atom is -0.505 e. The van der Waals surface area contributed by atoms with Crippen LogP contribution in [0.3, 0.4) is 0 Å². The second-order valence-corrected chi connectivity index (χ2v) is 5.51. The number of para-hydroxylation sites is 1. The van der Waals surface area contributed by atoms with Crippen molar-refractivity contribution < 1.29 is 9.63 Å². The highest BCUT2D eigenvalue weighted by atomic mass is 32.2. The summed E-state index contributed by atoms with van der Waals surface area (Å²) in [5.41, 5.74) is 6.43. The number of rotatable bonds is 2. The average molecular weight is 263 g/mol. The Morgan fingerprint density at radius 1 is 1.44 bits per heavy atom. The van der Waals surface area contributed by atoms with Crippen molar-refractivity contribution in [3.63, 3.8) is 0 Å². The minimum atomic E-state index is -0.00762. The summed E-state index contributed by atoms with van der Waals surface area (Å²) in [4.78, 5) is 4.35. The van der Waals surface area contributed by atoms with Crippen LogP contribution in [-0.4, -0.2) is 21.0 Å². The van der Waals surface area contributed by atoms with Crippen molar-refractivity contribution in [1.82, 2.24) is 10.1 Å². The van der Waals surface area contributed by atoms with Gasteiger partial charge in [-0.05, 0) is 30.7 Å². The molecule has 0 spiro atoms. The average Bonchev–Trinajstić information content (AvgIpc) is 3.01. The number of aromatic hydroxyl groups is 1. The van der Waals surface area contributed by atoms with Gasteiger partial charge in [-0.3, -0.25) is 0 Å². The smallest absolute Gasteiger partial charge is 0.261 e. The molecule has 0 aliphatic carbocycles. The molecule has 1 aliphatic heterocycles. The fourth-order valence-electron chi connectivity index (χ4n) is 1.99. The van der Waals surface area contributed by atoms with Gasteiger partial charge in [0.15, 0.2) is 11.6 Å². The monoisotopic (exact) mass is 263 g/mol. The van der Waals surface area contributed by atoms with Crippen LogP contribution >= 0.6 is 11.8 Å². The van der Waals surface area contributed by atoms with Gasteiger partial charge in [0.05, 0.1) is 16.5 Å². The van der Waals surface area contributed by atoms with Gasteiger partial charge >= 0.3 is 0 Å². The second kappa shape index (κ2) is 4.53. The number of aromatic nitrogens is 2. The molecule has 5 nitrogen and oxygen atoms in total. The van der Waals surface area contributed by atoms with Crippen LogP contribution in [0.25, 0.3) is 11.5 Å². The van der Waals surface area contributed by atoms with E-state index in [2.05, 4.69) is 10.1 Å². The number of hydrogen-bond acceptors (Lipinski definition) is 6. The molecule has 3 N–H and O–H groups in total. The summed E-state index contributed by atoms with van der Waals surface area (Å²) in [6.07, 6.45) is 2.26. The Bertz CT molecular complexity index is 564. The quantitative estimate of drug-likeness (QED) is 0.640. The summed E-state index contributed by atoms with van der Waals surface area (Å²) in [6.45, 7) is 0. The lowest BCUT2D eigenvalue weighted by Crippen LogP contribution is -1.91. The molecule has 3 rings (SSSR count). The molecule has 2 heterocycles. The number of thioether (sulfide) groups is 1. The van der Waals surface area contributed by atoms with Gasteiger partial charge in [-0.15, -0.1) is 0 Å². The number of anilines is 1. The summed E-state index contributed by atoms with van der Waals surface area (Å²) >= 11 is 1.84. The molecule has 1 fully saturated rings. The molecular weight excluding hydrogens is 250 g/mol. The maximum absolute atomic E-state index is 9.87. The van der Waals surface area contributed by atoms with E-state index in [-0.39, 0.29) is 5.75 Å². The first-order valence-corrected chi connectivity index (χ1v) is 6.83. The van der Waals surface area contributed by atoms with Crippen molar-refractivity contribution in [3.05, 3.63) is 24.0 Å². The number of benzene rings is 1. The van der Waals surface area contributed by atoms with Gasteiger partial charge in [0.25, 0.3) is 5.89 Å². The van der Waals surface area contributed by atoms with Crippen LogP contribution < -0.4 is 5.73 Å². The summed E-state index contributed by atoms with van der Waals surface area (Å²) in [5.74, 6) is 2.15. The summed E-state index contributed by atoms with van der Waals surface area (Å²) in [5, 5.41) is 14.2. The molecule has 18 heavy (non-hydrogen) atoms. The lowest BCUT2D eigenvalue weighted by molar-refractivity contribution is 0.417. The Kier molecular flexibility index (Phi) is 2.87. The highest BCUT2D eigenvalue weighted by molar-refractivity contribution is 7.99. The molecule has 6 heteroatoms. The van der Waals surface area contributed by atoms with Gasteiger partial charge in [0.2, 0.25) is 0 Å². The molecule has 0 bridgehead atoms. The fraction of sp³-hybridized carbons (Fsp3) is 0.333. The van der Waals surface area contributed by atoms with Crippen molar-refractivity contribution in [1.29, 1.82) is 0 Å². The number of phenols is 1. The van der Waals surface area contributed by atoms with Gasteiger partial charge < -0.3 is 15.4 Å². The molecule has 94 valence electrons. The molecule has 2 aromatic rings. The molecule has 1 unspecified atom stereocenters. The van der Waals surface area contributed by atoms with Crippen LogP contribution in [0.2, 0.25) is 0 Å². The highest BCUT2D eigenvalue weighted by Gasteiger charge is 2.24. The van der Waals surface area contributed by atoms with Crippen LogP contribution in [-0.2, 0) is 0 Å². The Hall–Kier alpha value is -1.69. The van der Waals surface area contributed by atoms with Gasteiger partial charge in [-0.1, -0.05) is 11.2 Å². The third kappa shape index (κ3) is 1.92. The first kappa shape index (κ1) is 11.4. The van der Waals surface area contributed by atoms with Crippen molar-refractivity contribution >= 4 is 17.4 Å². The maximum Gasteiger partial charge on any atom is 0.261 e. The van der Waals surface area contributed by atoms with Crippen molar-refractivity contribution in [3.8, 4) is 17.2 Å². The van der Waals surface area contributed by atoms with Crippen LogP contribution in [0.15, 0.2) is 22.7 Å². The van der Waals surface area contributed by atoms with Crippen molar-refractivity contribution in [2.45, 2.75) is 18.1 Å². The standard InChI is InChI=1S/C12H13N3O2S/c13-8-4-1-3-7(10(8)16)12-14-11(15-17-12)9-5-2-6-18-9/h1,3-4,9,16H,2,5-6,13H2. The molecule has 0 radical (unpaired) electrons. The summed E-state index contributed by atoms with van der Waals surface area (Å²) < 4.78 is 5.21. The largest absolute Gasteiger partial charge is 0.505 e. The Labute approximate surface area is 108 Å². The fourth-order valence-corrected chi connectivity index (χ4v) is 3.19. The lowest BCUT2D eigenvalue weighted by Gasteiger charge is -2.02. The molecule has 0 saturated carbocycles. The van der Waals surface area contributed by atoms with Crippen LogP contribution in [0.1, 0.15) is 23.9 Å². The topological polar surface area (TPSA) is 85.2 Å². The molecule has 1 saturated heterocycles. The second-order valence-electron chi connectivity index (χ2n) is 4.20. The predicted octanol–water partition coefficient (Wildman–Crippen LogP) is 2.59. The van der Waals surface area contributed by atoms with E-state index in [1.54, 1.807) is 18.2 Å². The van der Waals surface area contributed by atoms with Crippen molar-refractivity contribution in [2.24, 2.45) is 0 Å². The summed E-state index contributed by atoms with van der Waals surface area (Å²) in [7, 11) is 0. The Morgan fingerprint density at radius 3 is 3.11 bits per heavy atom. The lowest BCUT2D eigenvalue weighted by atomic mass is 10.1. The van der Waals surface area contributed by atoms with Crippen LogP contribution in [0.5, 0.6) is 5.75 Å². The zero-order valence-corrected chi connectivity index (χ0v) is 10.5. The Balaban J connectivity index is 1.95. The van der Waals surface area contributed by atoms with Gasteiger partial charge in [0.1, 0.15) is 0 Å². The normalized spacial score (nSPS) is 19.2. The molecule has 1 aromatic heterocycles.